The Morgan fingerprint density at radius 2 is 1.86 bits per heavy atom. The van der Waals surface area contributed by atoms with Gasteiger partial charge in [0.1, 0.15) is 0 Å². The van der Waals surface area contributed by atoms with E-state index in [1.54, 1.807) is 12.1 Å². The number of hydrogen-bond donors (Lipinski definition) is 2. The molecule has 2 N–H and O–H groups in total. The van der Waals surface area contributed by atoms with Crippen LogP contribution in [0.4, 0.5) is 5.69 Å². The van der Waals surface area contributed by atoms with Crippen LogP contribution in [0.15, 0.2) is 29.2 Å². The van der Waals surface area contributed by atoms with E-state index in [9.17, 15) is 8.42 Å². The Morgan fingerprint density at radius 3 is 2.43 bits per heavy atom. The van der Waals surface area contributed by atoms with E-state index in [0.29, 0.717) is 4.90 Å². The van der Waals surface area contributed by atoms with Crippen molar-refractivity contribution >= 4 is 15.7 Å². The molecule has 1 aromatic rings. The Labute approximate surface area is 128 Å². The Morgan fingerprint density at radius 1 is 1.19 bits per heavy atom. The average molecular weight is 310 g/mol. The van der Waals surface area contributed by atoms with Crippen LogP contribution in [0, 0.1) is 5.41 Å². The second kappa shape index (κ2) is 6.36. The van der Waals surface area contributed by atoms with Crippen molar-refractivity contribution in [1.29, 1.82) is 0 Å². The molecule has 1 fully saturated rings. The summed E-state index contributed by atoms with van der Waals surface area (Å²) in [6.07, 6.45) is 4.26. The van der Waals surface area contributed by atoms with Gasteiger partial charge in [-0.1, -0.05) is 26.7 Å². The van der Waals surface area contributed by atoms with E-state index >= 15 is 0 Å². The van der Waals surface area contributed by atoms with Crippen LogP contribution in [0.1, 0.15) is 46.5 Å². The van der Waals surface area contributed by atoms with Crippen molar-refractivity contribution in [3.05, 3.63) is 24.3 Å². The highest BCUT2D eigenvalue weighted by molar-refractivity contribution is 7.89. The van der Waals surface area contributed by atoms with E-state index in [1.165, 1.54) is 6.42 Å². The molecular weight excluding hydrogens is 284 g/mol. The molecule has 0 amide bonds. The monoisotopic (exact) mass is 310 g/mol. The van der Waals surface area contributed by atoms with E-state index in [2.05, 4.69) is 23.9 Å². The molecule has 118 valence electrons. The van der Waals surface area contributed by atoms with Gasteiger partial charge in [0.05, 0.1) is 4.90 Å². The lowest BCUT2D eigenvalue weighted by atomic mass is 9.74. The second-order valence-corrected chi connectivity index (χ2v) is 8.18. The van der Waals surface area contributed by atoms with E-state index in [0.717, 1.165) is 31.5 Å². The van der Waals surface area contributed by atoms with Gasteiger partial charge in [-0.15, -0.1) is 0 Å². The highest BCUT2D eigenvalue weighted by Gasteiger charge is 2.35. The van der Waals surface area contributed by atoms with E-state index in [1.807, 2.05) is 19.1 Å². The van der Waals surface area contributed by atoms with Crippen molar-refractivity contribution in [1.82, 2.24) is 4.72 Å². The maximum absolute atomic E-state index is 12.5. The molecule has 1 aliphatic carbocycles. The van der Waals surface area contributed by atoms with Crippen molar-refractivity contribution in [2.75, 3.05) is 11.9 Å². The van der Waals surface area contributed by atoms with Crippen LogP contribution >= 0.6 is 0 Å². The molecule has 0 spiro atoms. The molecule has 1 atom stereocenters. The maximum Gasteiger partial charge on any atom is 0.240 e. The van der Waals surface area contributed by atoms with Gasteiger partial charge >= 0.3 is 0 Å². The number of rotatable bonds is 5. The number of nitrogens with one attached hydrogen (secondary N) is 2. The standard InChI is InChI=1S/C16H26N2O2S/c1-4-17-13-8-10-14(11-9-13)21(19,20)18-15-7-5-6-12-16(15,2)3/h8-11,15,17-18H,4-7,12H2,1-3H3. The molecule has 1 unspecified atom stereocenters. The van der Waals surface area contributed by atoms with Gasteiger partial charge < -0.3 is 5.32 Å². The highest BCUT2D eigenvalue weighted by Crippen LogP contribution is 2.36. The van der Waals surface area contributed by atoms with Crippen molar-refractivity contribution in [3.8, 4) is 0 Å². The largest absolute Gasteiger partial charge is 0.385 e. The summed E-state index contributed by atoms with van der Waals surface area (Å²) >= 11 is 0. The molecular formula is C16H26N2O2S. The predicted octanol–water partition coefficient (Wildman–Crippen LogP) is 3.37. The molecule has 0 bridgehead atoms. The normalized spacial score (nSPS) is 22.0. The lowest BCUT2D eigenvalue weighted by Crippen LogP contribution is -2.46. The number of benzene rings is 1. The molecule has 0 aliphatic heterocycles. The molecule has 5 heteroatoms. The summed E-state index contributed by atoms with van der Waals surface area (Å²) in [5.41, 5.74) is 0.962. The SMILES string of the molecule is CCNc1ccc(S(=O)(=O)NC2CCCCC2(C)C)cc1. The van der Waals surface area contributed by atoms with Crippen molar-refractivity contribution < 1.29 is 8.42 Å². The van der Waals surface area contributed by atoms with Crippen LogP contribution in [0.2, 0.25) is 0 Å². The minimum absolute atomic E-state index is 0.0182. The molecule has 1 saturated carbocycles. The molecule has 0 heterocycles. The van der Waals surface area contributed by atoms with E-state index < -0.39 is 10.0 Å². The van der Waals surface area contributed by atoms with Crippen molar-refractivity contribution in [2.24, 2.45) is 5.41 Å². The zero-order valence-electron chi connectivity index (χ0n) is 13.1. The Hall–Kier alpha value is -1.07. The minimum Gasteiger partial charge on any atom is -0.385 e. The lowest BCUT2D eigenvalue weighted by molar-refractivity contribution is 0.188. The van der Waals surface area contributed by atoms with Crippen LogP contribution in [0.25, 0.3) is 0 Å². The van der Waals surface area contributed by atoms with Gasteiger partial charge in [0.25, 0.3) is 0 Å². The average Bonchev–Trinajstić information content (AvgIpc) is 2.42. The topological polar surface area (TPSA) is 58.2 Å². The first kappa shape index (κ1) is 16.3. The fraction of sp³-hybridized carbons (Fsp3) is 0.625. The summed E-state index contributed by atoms with van der Waals surface area (Å²) in [6, 6.07) is 6.96. The summed E-state index contributed by atoms with van der Waals surface area (Å²) in [4.78, 5) is 0.338. The molecule has 1 aliphatic rings. The zero-order valence-corrected chi connectivity index (χ0v) is 14.0. The summed E-state index contributed by atoms with van der Waals surface area (Å²) in [5, 5.41) is 3.17. The number of anilines is 1. The fourth-order valence-electron chi connectivity index (χ4n) is 2.92. The van der Waals surface area contributed by atoms with Gasteiger partial charge in [0.15, 0.2) is 0 Å². The lowest BCUT2D eigenvalue weighted by Gasteiger charge is -2.38. The van der Waals surface area contributed by atoms with Gasteiger partial charge in [-0.05, 0) is 49.4 Å². The van der Waals surface area contributed by atoms with E-state index in [4.69, 9.17) is 0 Å². The molecule has 0 saturated heterocycles. The molecule has 1 aromatic carbocycles. The fourth-order valence-corrected chi connectivity index (χ4v) is 4.37. The molecule has 2 rings (SSSR count). The molecule has 0 radical (unpaired) electrons. The van der Waals surface area contributed by atoms with Crippen molar-refractivity contribution in [3.63, 3.8) is 0 Å². The van der Waals surface area contributed by atoms with Gasteiger partial charge in [-0.2, -0.15) is 0 Å². The first-order valence-electron chi connectivity index (χ1n) is 7.71. The third-order valence-electron chi connectivity index (χ3n) is 4.35. The Bertz CT molecular complexity index is 564. The van der Waals surface area contributed by atoms with Crippen LogP contribution in [0.5, 0.6) is 0 Å². The summed E-state index contributed by atoms with van der Waals surface area (Å²) in [5.74, 6) is 0. The minimum atomic E-state index is -3.44. The highest BCUT2D eigenvalue weighted by atomic mass is 32.2. The van der Waals surface area contributed by atoms with Gasteiger partial charge in [0, 0.05) is 18.3 Å². The van der Waals surface area contributed by atoms with E-state index in [-0.39, 0.29) is 11.5 Å². The van der Waals surface area contributed by atoms with Crippen LogP contribution in [0.3, 0.4) is 0 Å². The maximum atomic E-state index is 12.5. The van der Waals surface area contributed by atoms with Crippen LogP contribution < -0.4 is 10.0 Å². The quantitative estimate of drug-likeness (QED) is 0.876. The molecule has 4 nitrogen and oxygen atoms in total. The third kappa shape index (κ3) is 3.98. The van der Waals surface area contributed by atoms with Crippen LogP contribution in [-0.2, 0) is 10.0 Å². The first-order chi connectivity index (χ1) is 9.85. The number of sulfonamides is 1. The van der Waals surface area contributed by atoms with Gasteiger partial charge in [-0.3, -0.25) is 0 Å². The Kier molecular flexibility index (Phi) is 4.94. The van der Waals surface area contributed by atoms with Crippen molar-refractivity contribution in [2.45, 2.75) is 57.4 Å². The summed E-state index contributed by atoms with van der Waals surface area (Å²) < 4.78 is 28.0. The summed E-state index contributed by atoms with van der Waals surface area (Å²) in [7, 11) is -3.44. The number of hydrogen-bond acceptors (Lipinski definition) is 3. The zero-order chi connectivity index (χ0) is 15.5. The van der Waals surface area contributed by atoms with Gasteiger partial charge in [-0.25, -0.2) is 13.1 Å². The predicted molar refractivity (Wildman–Crippen MR) is 87.0 cm³/mol. The third-order valence-corrected chi connectivity index (χ3v) is 5.84. The van der Waals surface area contributed by atoms with Crippen LogP contribution in [-0.4, -0.2) is 21.0 Å². The molecule has 21 heavy (non-hydrogen) atoms. The Balaban J connectivity index is 2.14. The smallest absolute Gasteiger partial charge is 0.240 e. The molecule has 0 aromatic heterocycles. The summed E-state index contributed by atoms with van der Waals surface area (Å²) in [6.45, 7) is 7.12. The second-order valence-electron chi connectivity index (χ2n) is 6.46. The first-order valence-corrected chi connectivity index (χ1v) is 9.20. The van der Waals surface area contributed by atoms with Gasteiger partial charge in [0.2, 0.25) is 10.0 Å².